The fraction of sp³-hybridized carbons (Fsp3) is 0.333. The van der Waals surface area contributed by atoms with Gasteiger partial charge in [-0.15, -0.1) is 0 Å². The molecule has 0 bridgehead atoms. The highest BCUT2D eigenvalue weighted by Crippen LogP contribution is 2.38. The monoisotopic (exact) mass is 562 g/mol. The highest BCUT2D eigenvalue weighted by Gasteiger charge is 2.33. The molecule has 2 N–H and O–H groups in total. The van der Waals surface area contributed by atoms with E-state index in [0.717, 1.165) is 24.1 Å². The standard InChI is InChI=1S/C30H34N4O5S/c1-5-39-30(36)28-19(2)31-26(22(28)10-8-15-33(3)4)18-24-23-17-21(12-13-25(23)32-29(24)35)40(37,38)34-16-14-20-9-6-7-11-27(20)34/h6-7,9,11-13,17-18,31H,5,8,10,14-16H2,1-4H3,(H,32,35). The molecule has 210 valence electrons. The van der Waals surface area contributed by atoms with Crippen molar-refractivity contribution in [2.24, 2.45) is 0 Å². The fourth-order valence-electron chi connectivity index (χ4n) is 5.44. The van der Waals surface area contributed by atoms with Crippen molar-refractivity contribution in [3.63, 3.8) is 0 Å². The molecule has 0 spiro atoms. The molecule has 3 heterocycles. The Hall–Kier alpha value is -3.89. The highest BCUT2D eigenvalue weighted by atomic mass is 32.2. The minimum atomic E-state index is -3.84. The average Bonchev–Trinajstić information content (AvgIpc) is 3.57. The molecule has 1 amide bonds. The molecular weight excluding hydrogens is 528 g/mol. The number of hydrogen-bond donors (Lipinski definition) is 2. The molecule has 40 heavy (non-hydrogen) atoms. The van der Waals surface area contributed by atoms with E-state index in [4.69, 9.17) is 4.74 Å². The van der Waals surface area contributed by atoms with E-state index in [1.165, 1.54) is 10.4 Å². The topological polar surface area (TPSA) is 112 Å². The maximum absolute atomic E-state index is 13.7. The van der Waals surface area contributed by atoms with E-state index in [9.17, 15) is 18.0 Å². The van der Waals surface area contributed by atoms with Crippen LogP contribution in [0.2, 0.25) is 0 Å². The van der Waals surface area contributed by atoms with Crippen LogP contribution in [0.25, 0.3) is 11.6 Å². The number of rotatable bonds is 9. The van der Waals surface area contributed by atoms with Crippen LogP contribution >= 0.6 is 0 Å². The summed E-state index contributed by atoms with van der Waals surface area (Å²) in [6, 6.07) is 12.2. The Bertz CT molecular complexity index is 1620. The predicted octanol–water partition coefficient (Wildman–Crippen LogP) is 4.24. The number of H-pyrrole nitrogens is 1. The number of anilines is 2. The summed E-state index contributed by atoms with van der Waals surface area (Å²) in [7, 11) is 0.137. The van der Waals surface area contributed by atoms with Crippen molar-refractivity contribution in [1.29, 1.82) is 0 Å². The van der Waals surface area contributed by atoms with Gasteiger partial charge in [0.05, 0.1) is 28.3 Å². The van der Waals surface area contributed by atoms with Crippen LogP contribution in [-0.4, -0.2) is 64.0 Å². The summed E-state index contributed by atoms with van der Waals surface area (Å²) >= 11 is 0. The van der Waals surface area contributed by atoms with Gasteiger partial charge in [0.2, 0.25) is 0 Å². The molecule has 2 aliphatic heterocycles. The number of ether oxygens (including phenoxy) is 1. The van der Waals surface area contributed by atoms with E-state index < -0.39 is 16.0 Å². The van der Waals surface area contributed by atoms with Crippen molar-refractivity contribution in [3.05, 3.63) is 76.1 Å². The number of amides is 1. The van der Waals surface area contributed by atoms with Crippen LogP contribution in [0.4, 0.5) is 11.4 Å². The van der Waals surface area contributed by atoms with Gasteiger partial charge in [0.1, 0.15) is 0 Å². The Morgan fingerprint density at radius 2 is 1.95 bits per heavy atom. The third-order valence-electron chi connectivity index (χ3n) is 7.33. The SMILES string of the molecule is CCOC(=O)c1c(C)[nH]c(C=C2C(=O)Nc3ccc(S(=O)(=O)N4CCc5ccccc54)cc32)c1CCCN(C)C. The second-order valence-corrected chi connectivity index (χ2v) is 12.2. The van der Waals surface area contributed by atoms with Crippen molar-refractivity contribution in [3.8, 4) is 0 Å². The lowest BCUT2D eigenvalue weighted by Crippen LogP contribution is -2.29. The molecule has 0 aliphatic carbocycles. The zero-order chi connectivity index (χ0) is 28.6. The van der Waals surface area contributed by atoms with Crippen LogP contribution in [0, 0.1) is 6.92 Å². The molecule has 1 aromatic heterocycles. The summed E-state index contributed by atoms with van der Waals surface area (Å²) in [4.78, 5) is 31.4. The number of para-hydroxylation sites is 1. The number of esters is 1. The largest absolute Gasteiger partial charge is 0.462 e. The van der Waals surface area contributed by atoms with Crippen LogP contribution in [0.5, 0.6) is 0 Å². The molecule has 10 heteroatoms. The summed E-state index contributed by atoms with van der Waals surface area (Å²) in [5.41, 5.74) is 5.61. The Morgan fingerprint density at radius 1 is 1.18 bits per heavy atom. The van der Waals surface area contributed by atoms with E-state index in [1.54, 1.807) is 25.1 Å². The molecule has 0 unspecified atom stereocenters. The lowest BCUT2D eigenvalue weighted by molar-refractivity contribution is -0.110. The minimum absolute atomic E-state index is 0.117. The Balaban J connectivity index is 1.55. The zero-order valence-corrected chi connectivity index (χ0v) is 24.0. The summed E-state index contributed by atoms with van der Waals surface area (Å²) < 4.78 is 34.1. The molecule has 3 aromatic rings. The number of aromatic nitrogens is 1. The zero-order valence-electron chi connectivity index (χ0n) is 23.2. The number of nitrogens with zero attached hydrogens (tertiary/aromatic N) is 2. The molecule has 0 saturated carbocycles. The van der Waals surface area contributed by atoms with Gasteiger partial charge in [-0.3, -0.25) is 9.10 Å². The molecule has 0 radical (unpaired) electrons. The van der Waals surface area contributed by atoms with Crippen molar-refractivity contribution >= 4 is 44.9 Å². The first kappa shape index (κ1) is 27.7. The third kappa shape index (κ3) is 5.04. The van der Waals surface area contributed by atoms with Crippen LogP contribution in [0.3, 0.4) is 0 Å². The number of carbonyl (C=O) groups excluding carboxylic acids is 2. The van der Waals surface area contributed by atoms with Crippen molar-refractivity contribution in [2.75, 3.05) is 43.4 Å². The van der Waals surface area contributed by atoms with Gasteiger partial charge < -0.3 is 19.9 Å². The second kappa shape index (κ2) is 10.9. The summed E-state index contributed by atoms with van der Waals surface area (Å²) in [5.74, 6) is -0.739. The Morgan fingerprint density at radius 3 is 2.70 bits per heavy atom. The summed E-state index contributed by atoms with van der Waals surface area (Å²) in [5, 5.41) is 2.85. The van der Waals surface area contributed by atoms with Gasteiger partial charge in [0, 0.05) is 29.2 Å². The lowest BCUT2D eigenvalue weighted by atomic mass is 10.00. The molecule has 2 aromatic carbocycles. The number of benzene rings is 2. The van der Waals surface area contributed by atoms with E-state index in [0.29, 0.717) is 58.8 Å². The molecule has 0 fully saturated rings. The van der Waals surface area contributed by atoms with Crippen LogP contribution in [0.15, 0.2) is 47.4 Å². The van der Waals surface area contributed by atoms with E-state index in [-0.39, 0.29) is 17.4 Å². The number of carbonyl (C=O) groups is 2. The molecule has 2 aliphatic rings. The first-order valence-electron chi connectivity index (χ1n) is 13.4. The number of sulfonamides is 1. The van der Waals surface area contributed by atoms with Crippen LogP contribution in [0.1, 0.15) is 51.8 Å². The van der Waals surface area contributed by atoms with Gasteiger partial charge >= 0.3 is 5.97 Å². The van der Waals surface area contributed by atoms with Crippen molar-refractivity contribution in [2.45, 2.75) is 38.0 Å². The quantitative estimate of drug-likeness (QED) is 0.298. The summed E-state index contributed by atoms with van der Waals surface area (Å²) in [6.45, 7) is 5.02. The number of fused-ring (bicyclic) bond motifs is 2. The smallest absolute Gasteiger partial charge is 0.340 e. The molecule has 0 saturated heterocycles. The molecule has 5 rings (SSSR count). The predicted molar refractivity (Wildman–Crippen MR) is 156 cm³/mol. The number of aromatic amines is 1. The van der Waals surface area contributed by atoms with Gasteiger partial charge in [0.25, 0.3) is 15.9 Å². The summed E-state index contributed by atoms with van der Waals surface area (Å²) in [6.07, 6.45) is 3.77. The van der Waals surface area contributed by atoms with E-state index in [2.05, 4.69) is 15.2 Å². The Kier molecular flexibility index (Phi) is 7.57. The third-order valence-corrected chi connectivity index (χ3v) is 9.14. The van der Waals surface area contributed by atoms with E-state index >= 15 is 0 Å². The maximum atomic E-state index is 13.7. The molecular formula is C30H34N4O5S. The van der Waals surface area contributed by atoms with Gasteiger partial charge in [0.15, 0.2) is 0 Å². The van der Waals surface area contributed by atoms with Crippen molar-refractivity contribution < 1.29 is 22.7 Å². The highest BCUT2D eigenvalue weighted by molar-refractivity contribution is 7.92. The Labute approximate surface area is 234 Å². The van der Waals surface area contributed by atoms with Gasteiger partial charge in [-0.2, -0.15) is 0 Å². The second-order valence-electron chi connectivity index (χ2n) is 10.3. The average molecular weight is 563 g/mol. The van der Waals surface area contributed by atoms with Crippen LogP contribution < -0.4 is 9.62 Å². The fourth-order valence-corrected chi connectivity index (χ4v) is 6.97. The van der Waals surface area contributed by atoms with Gasteiger partial charge in [-0.25, -0.2) is 13.2 Å². The first-order valence-corrected chi connectivity index (χ1v) is 14.9. The maximum Gasteiger partial charge on any atom is 0.340 e. The van der Waals surface area contributed by atoms with Gasteiger partial charge in [-0.05, 0) is 95.2 Å². The van der Waals surface area contributed by atoms with Gasteiger partial charge in [-0.1, -0.05) is 18.2 Å². The number of aryl methyl sites for hydroxylation is 1. The first-order chi connectivity index (χ1) is 19.1. The molecule has 0 atom stereocenters. The van der Waals surface area contributed by atoms with E-state index in [1.807, 2.05) is 45.3 Å². The van der Waals surface area contributed by atoms with Crippen molar-refractivity contribution in [1.82, 2.24) is 9.88 Å². The normalized spacial score (nSPS) is 15.5. The number of nitrogens with one attached hydrogen (secondary N) is 2. The molecule has 9 nitrogen and oxygen atoms in total. The lowest BCUT2D eigenvalue weighted by Gasteiger charge is -2.20. The van der Waals surface area contributed by atoms with Crippen LogP contribution in [-0.2, 0) is 32.4 Å². The number of hydrogen-bond acceptors (Lipinski definition) is 6. The minimum Gasteiger partial charge on any atom is -0.462 e.